The normalized spacial score (nSPS) is 12.1. The predicted octanol–water partition coefficient (Wildman–Crippen LogP) is 15.3. The Labute approximate surface area is 313 Å². The minimum atomic E-state index is 0.871. The standard InChI is InChI=1S/C50H29NO2S/c1-2-9-33-27-34(14-13-30(33)7-1)31-15-18-35(19-16-31)51(36-20-23-40-39-11-5-6-12-43(39)52-45(40)28-36)37-21-24-41-47(29-37)54-46-26-25-44-48(49(41)46)42-22-17-32-8-3-4-10-38(32)50(42)53-44/h1-29H. The monoisotopic (exact) mass is 707 g/mol. The van der Waals surface area contributed by atoms with Gasteiger partial charge in [0.25, 0.3) is 0 Å². The summed E-state index contributed by atoms with van der Waals surface area (Å²) in [4.78, 5) is 2.34. The molecule has 0 aliphatic heterocycles. The van der Waals surface area contributed by atoms with E-state index in [1.165, 1.54) is 52.8 Å². The molecule has 3 heterocycles. The van der Waals surface area contributed by atoms with Crippen LogP contribution in [0.25, 0.3) is 96.7 Å². The Hall–Kier alpha value is -6.88. The van der Waals surface area contributed by atoms with Gasteiger partial charge in [0, 0.05) is 70.2 Å². The number of benzene rings is 9. The van der Waals surface area contributed by atoms with Crippen LogP contribution in [0.15, 0.2) is 185 Å². The molecule has 0 N–H and O–H groups in total. The Bertz CT molecular complexity index is 3460. The molecule has 3 aromatic heterocycles. The third kappa shape index (κ3) is 4.41. The van der Waals surface area contributed by atoms with Gasteiger partial charge in [-0.25, -0.2) is 0 Å². The predicted molar refractivity (Wildman–Crippen MR) is 229 cm³/mol. The highest BCUT2D eigenvalue weighted by Gasteiger charge is 2.20. The van der Waals surface area contributed by atoms with Crippen molar-refractivity contribution in [3.8, 4) is 11.1 Å². The second kappa shape index (κ2) is 11.3. The maximum Gasteiger partial charge on any atom is 0.143 e. The van der Waals surface area contributed by atoms with Crippen LogP contribution >= 0.6 is 11.3 Å². The smallest absolute Gasteiger partial charge is 0.143 e. The number of hydrogen-bond donors (Lipinski definition) is 0. The molecule has 0 aliphatic rings. The van der Waals surface area contributed by atoms with Crippen LogP contribution in [0.3, 0.4) is 0 Å². The zero-order chi connectivity index (χ0) is 35.3. The summed E-state index contributed by atoms with van der Waals surface area (Å²) in [6.45, 7) is 0. The molecule has 0 saturated carbocycles. The van der Waals surface area contributed by atoms with E-state index in [1.807, 2.05) is 23.5 Å². The fourth-order valence-electron chi connectivity index (χ4n) is 8.46. The molecule has 0 atom stereocenters. The first kappa shape index (κ1) is 29.7. The summed E-state index contributed by atoms with van der Waals surface area (Å²) >= 11 is 1.83. The SMILES string of the molecule is c1ccc2cc(-c3ccc(N(c4ccc5c(c4)oc4ccccc45)c4ccc5c(c4)sc4ccc6oc7c8ccccc8ccc7c6c45)cc3)ccc2c1. The van der Waals surface area contributed by atoms with Crippen molar-refractivity contribution in [3.63, 3.8) is 0 Å². The lowest BCUT2D eigenvalue weighted by molar-refractivity contribution is 0.669. The van der Waals surface area contributed by atoms with Crippen molar-refractivity contribution in [3.05, 3.63) is 176 Å². The van der Waals surface area contributed by atoms with E-state index in [1.54, 1.807) is 0 Å². The van der Waals surface area contributed by atoms with Gasteiger partial charge in [-0.15, -0.1) is 11.3 Å². The number of fused-ring (bicyclic) bond motifs is 13. The molecule has 12 rings (SSSR count). The number of para-hydroxylation sites is 1. The quantitative estimate of drug-likeness (QED) is 0.182. The van der Waals surface area contributed by atoms with E-state index >= 15 is 0 Å². The maximum absolute atomic E-state index is 6.58. The first-order valence-electron chi connectivity index (χ1n) is 18.2. The number of anilines is 3. The van der Waals surface area contributed by atoms with E-state index in [0.29, 0.717) is 0 Å². The highest BCUT2D eigenvalue weighted by molar-refractivity contribution is 7.26. The number of rotatable bonds is 4. The van der Waals surface area contributed by atoms with Gasteiger partial charge in [0.15, 0.2) is 0 Å². The van der Waals surface area contributed by atoms with Crippen molar-refractivity contribution in [2.75, 3.05) is 4.90 Å². The minimum absolute atomic E-state index is 0.871. The highest BCUT2D eigenvalue weighted by Crippen LogP contribution is 2.46. The Balaban J connectivity index is 1.04. The molecule has 54 heavy (non-hydrogen) atoms. The van der Waals surface area contributed by atoms with Gasteiger partial charge in [-0.05, 0) is 94.0 Å². The first-order valence-corrected chi connectivity index (χ1v) is 19.1. The van der Waals surface area contributed by atoms with Gasteiger partial charge in [-0.2, -0.15) is 0 Å². The van der Waals surface area contributed by atoms with Gasteiger partial charge < -0.3 is 13.7 Å². The molecule has 0 fully saturated rings. The topological polar surface area (TPSA) is 29.5 Å². The third-order valence-electron chi connectivity index (χ3n) is 11.0. The lowest BCUT2D eigenvalue weighted by Crippen LogP contribution is -2.09. The average molecular weight is 708 g/mol. The Morgan fingerprint density at radius 2 is 1.02 bits per heavy atom. The van der Waals surface area contributed by atoms with E-state index < -0.39 is 0 Å². The first-order chi connectivity index (χ1) is 26.7. The number of nitrogens with zero attached hydrogens (tertiary/aromatic N) is 1. The Kier molecular flexibility index (Phi) is 6.21. The molecule has 12 aromatic rings. The molecule has 0 amide bonds. The van der Waals surface area contributed by atoms with Crippen LogP contribution in [0, 0.1) is 0 Å². The molecule has 0 saturated heterocycles. The zero-order valence-electron chi connectivity index (χ0n) is 28.9. The van der Waals surface area contributed by atoms with Gasteiger partial charge >= 0.3 is 0 Å². The van der Waals surface area contributed by atoms with Crippen LogP contribution in [0.5, 0.6) is 0 Å². The molecule has 252 valence electrons. The van der Waals surface area contributed by atoms with Gasteiger partial charge in [0.05, 0.1) is 0 Å². The summed E-state index contributed by atoms with van der Waals surface area (Å²) in [5, 5.41) is 11.9. The lowest BCUT2D eigenvalue weighted by atomic mass is 10.0. The van der Waals surface area contributed by atoms with E-state index in [0.717, 1.165) is 60.9 Å². The number of hydrogen-bond acceptors (Lipinski definition) is 4. The summed E-state index contributed by atoms with van der Waals surface area (Å²) in [6.07, 6.45) is 0. The maximum atomic E-state index is 6.58. The summed E-state index contributed by atoms with van der Waals surface area (Å²) in [7, 11) is 0. The van der Waals surface area contributed by atoms with Crippen molar-refractivity contribution in [1.82, 2.24) is 0 Å². The van der Waals surface area contributed by atoms with E-state index in [-0.39, 0.29) is 0 Å². The second-order valence-corrected chi connectivity index (χ2v) is 15.2. The third-order valence-corrected chi connectivity index (χ3v) is 12.1. The molecule has 0 spiro atoms. The van der Waals surface area contributed by atoms with Crippen molar-refractivity contribution < 1.29 is 8.83 Å². The summed E-state index contributed by atoms with van der Waals surface area (Å²) in [5.74, 6) is 0. The molecule has 0 radical (unpaired) electrons. The Morgan fingerprint density at radius 1 is 0.352 bits per heavy atom. The molecule has 3 nitrogen and oxygen atoms in total. The molecule has 4 heteroatoms. The minimum Gasteiger partial charge on any atom is -0.456 e. The molecular weight excluding hydrogens is 679 g/mol. The fraction of sp³-hybridized carbons (Fsp3) is 0. The van der Waals surface area contributed by atoms with E-state index in [2.05, 4.69) is 169 Å². The van der Waals surface area contributed by atoms with Crippen molar-refractivity contribution in [2.45, 2.75) is 0 Å². The van der Waals surface area contributed by atoms with Gasteiger partial charge in [-0.3, -0.25) is 0 Å². The highest BCUT2D eigenvalue weighted by atomic mass is 32.1. The van der Waals surface area contributed by atoms with Crippen molar-refractivity contribution in [1.29, 1.82) is 0 Å². The van der Waals surface area contributed by atoms with Crippen LogP contribution in [0.2, 0.25) is 0 Å². The largest absolute Gasteiger partial charge is 0.456 e. The summed E-state index contributed by atoms with van der Waals surface area (Å²) < 4.78 is 15.5. The van der Waals surface area contributed by atoms with Crippen LogP contribution in [-0.2, 0) is 0 Å². The van der Waals surface area contributed by atoms with Crippen LogP contribution in [0.4, 0.5) is 17.1 Å². The van der Waals surface area contributed by atoms with Crippen molar-refractivity contribution in [2.24, 2.45) is 0 Å². The van der Waals surface area contributed by atoms with Crippen LogP contribution in [0.1, 0.15) is 0 Å². The van der Waals surface area contributed by atoms with Gasteiger partial charge in [0.1, 0.15) is 22.3 Å². The molecule has 0 unspecified atom stereocenters. The average Bonchev–Trinajstić information content (AvgIpc) is 3.91. The van der Waals surface area contributed by atoms with Gasteiger partial charge in [0.2, 0.25) is 0 Å². The second-order valence-electron chi connectivity index (χ2n) is 14.1. The van der Waals surface area contributed by atoms with E-state index in [4.69, 9.17) is 8.83 Å². The van der Waals surface area contributed by atoms with Crippen molar-refractivity contribution >= 4 is 114 Å². The zero-order valence-corrected chi connectivity index (χ0v) is 29.7. The molecule has 0 aliphatic carbocycles. The lowest BCUT2D eigenvalue weighted by Gasteiger charge is -2.26. The molecule has 0 bridgehead atoms. The van der Waals surface area contributed by atoms with Crippen LogP contribution in [-0.4, -0.2) is 0 Å². The summed E-state index contributed by atoms with van der Waals surface area (Å²) in [5.41, 5.74) is 9.22. The van der Waals surface area contributed by atoms with Gasteiger partial charge in [-0.1, -0.05) is 103 Å². The summed E-state index contributed by atoms with van der Waals surface area (Å²) in [6, 6.07) is 63.1. The van der Waals surface area contributed by atoms with Crippen LogP contribution < -0.4 is 4.90 Å². The van der Waals surface area contributed by atoms with E-state index in [9.17, 15) is 0 Å². The fourth-order valence-corrected chi connectivity index (χ4v) is 9.61. The molecular formula is C50H29NO2S. The molecule has 9 aromatic carbocycles. The number of furan rings is 2. The number of thiophene rings is 1. The Morgan fingerprint density at radius 3 is 1.91 bits per heavy atom.